The predicted octanol–water partition coefficient (Wildman–Crippen LogP) is 1.01. The molecule has 0 aromatic carbocycles. The Kier molecular flexibility index (Phi) is 4.28. The number of anilines is 1. The molecule has 1 aromatic rings. The maximum Gasteiger partial charge on any atom is 0.333 e. The van der Waals surface area contributed by atoms with Gasteiger partial charge >= 0.3 is 5.97 Å². The van der Waals surface area contributed by atoms with Crippen molar-refractivity contribution >= 4 is 11.9 Å². The van der Waals surface area contributed by atoms with Gasteiger partial charge in [0.2, 0.25) is 5.95 Å². The maximum absolute atomic E-state index is 11.0. The summed E-state index contributed by atoms with van der Waals surface area (Å²) in [7, 11) is 0. The molecule has 1 heterocycles. The first-order chi connectivity index (χ1) is 7.20. The number of nitrogens with one attached hydrogen (secondary N) is 1. The fraction of sp³-hybridized carbons (Fsp3) is 0.300. The van der Waals surface area contributed by atoms with Gasteiger partial charge in [-0.1, -0.05) is 6.58 Å². The summed E-state index contributed by atoms with van der Waals surface area (Å²) in [4.78, 5) is 18.9. The van der Waals surface area contributed by atoms with E-state index >= 15 is 0 Å². The second kappa shape index (κ2) is 5.74. The third-order valence-electron chi connectivity index (χ3n) is 1.53. The quantitative estimate of drug-likeness (QED) is 0.443. The molecule has 0 aliphatic heterocycles. The van der Waals surface area contributed by atoms with Crippen molar-refractivity contribution in [3.63, 3.8) is 0 Å². The Balaban J connectivity index is 2.18. The van der Waals surface area contributed by atoms with E-state index in [-0.39, 0.29) is 12.6 Å². The third kappa shape index (κ3) is 4.21. The molecule has 0 saturated heterocycles. The first-order valence-corrected chi connectivity index (χ1v) is 4.53. The van der Waals surface area contributed by atoms with E-state index in [4.69, 9.17) is 4.74 Å². The number of nitrogens with zero attached hydrogens (tertiary/aromatic N) is 2. The van der Waals surface area contributed by atoms with Gasteiger partial charge in [-0.05, 0) is 13.0 Å². The molecule has 0 radical (unpaired) electrons. The molecule has 0 amide bonds. The molecule has 0 aliphatic carbocycles. The molecule has 0 aliphatic rings. The molecule has 0 atom stereocenters. The lowest BCUT2D eigenvalue weighted by Gasteiger charge is -2.05. The van der Waals surface area contributed by atoms with Crippen molar-refractivity contribution < 1.29 is 9.53 Å². The molecule has 80 valence electrons. The van der Waals surface area contributed by atoms with Gasteiger partial charge in [-0.15, -0.1) is 0 Å². The molecule has 0 bridgehead atoms. The van der Waals surface area contributed by atoms with E-state index in [1.807, 2.05) is 0 Å². The summed E-state index contributed by atoms with van der Waals surface area (Å²) < 4.78 is 4.87. The van der Waals surface area contributed by atoms with E-state index in [1.165, 1.54) is 0 Å². The average molecular weight is 207 g/mol. The number of rotatable bonds is 5. The zero-order chi connectivity index (χ0) is 11.1. The van der Waals surface area contributed by atoms with Gasteiger partial charge in [0.25, 0.3) is 0 Å². The Labute approximate surface area is 88.2 Å². The van der Waals surface area contributed by atoms with Crippen LogP contribution in [0, 0.1) is 0 Å². The molecule has 0 fully saturated rings. The van der Waals surface area contributed by atoms with Crippen LogP contribution < -0.4 is 5.32 Å². The van der Waals surface area contributed by atoms with Crippen molar-refractivity contribution in [2.24, 2.45) is 0 Å². The molecular formula is C10H13N3O2. The van der Waals surface area contributed by atoms with Crippen LogP contribution in [0.2, 0.25) is 0 Å². The fourth-order valence-electron chi connectivity index (χ4n) is 0.820. The standard InChI is InChI=1S/C10H13N3O2/c1-8(2)9(14)15-7-6-13-10-11-4-3-5-12-10/h3-5H,1,6-7H2,2H3,(H,11,12,13). The van der Waals surface area contributed by atoms with Crippen LogP contribution in [0.4, 0.5) is 5.95 Å². The number of ether oxygens (including phenoxy) is 1. The summed E-state index contributed by atoms with van der Waals surface area (Å²) in [5.41, 5.74) is 0.394. The minimum Gasteiger partial charge on any atom is -0.460 e. The number of carbonyl (C=O) groups is 1. The van der Waals surface area contributed by atoms with Crippen LogP contribution in [0.1, 0.15) is 6.92 Å². The van der Waals surface area contributed by atoms with Crippen LogP contribution in [0.3, 0.4) is 0 Å². The number of hydrogen-bond donors (Lipinski definition) is 1. The van der Waals surface area contributed by atoms with Gasteiger partial charge in [0.15, 0.2) is 0 Å². The Morgan fingerprint density at radius 1 is 1.53 bits per heavy atom. The first kappa shape index (κ1) is 11.2. The van der Waals surface area contributed by atoms with Crippen LogP contribution >= 0.6 is 0 Å². The number of esters is 1. The second-order valence-electron chi connectivity index (χ2n) is 2.92. The third-order valence-corrected chi connectivity index (χ3v) is 1.53. The van der Waals surface area contributed by atoms with Crippen LogP contribution in [-0.2, 0) is 9.53 Å². The lowest BCUT2D eigenvalue weighted by Crippen LogP contribution is -2.15. The van der Waals surface area contributed by atoms with E-state index in [0.29, 0.717) is 18.1 Å². The van der Waals surface area contributed by atoms with E-state index in [1.54, 1.807) is 25.4 Å². The minimum absolute atomic E-state index is 0.268. The number of carbonyl (C=O) groups excluding carboxylic acids is 1. The monoisotopic (exact) mass is 207 g/mol. The summed E-state index contributed by atoms with van der Waals surface area (Å²) in [5, 5.41) is 2.91. The van der Waals surface area contributed by atoms with Gasteiger partial charge in [0.1, 0.15) is 6.61 Å². The fourth-order valence-corrected chi connectivity index (χ4v) is 0.820. The largest absolute Gasteiger partial charge is 0.460 e. The predicted molar refractivity (Wildman–Crippen MR) is 56.3 cm³/mol. The lowest BCUT2D eigenvalue weighted by molar-refractivity contribution is -0.138. The van der Waals surface area contributed by atoms with Gasteiger partial charge in [-0.25, -0.2) is 14.8 Å². The van der Waals surface area contributed by atoms with E-state index < -0.39 is 0 Å². The van der Waals surface area contributed by atoms with Crippen molar-refractivity contribution in [1.82, 2.24) is 9.97 Å². The summed E-state index contributed by atoms with van der Waals surface area (Å²) >= 11 is 0. The molecule has 1 N–H and O–H groups in total. The van der Waals surface area contributed by atoms with Gasteiger partial charge in [-0.3, -0.25) is 0 Å². The molecule has 5 heteroatoms. The summed E-state index contributed by atoms with van der Waals surface area (Å²) in [6, 6.07) is 1.73. The molecular weight excluding hydrogens is 194 g/mol. The van der Waals surface area contributed by atoms with Crippen LogP contribution in [0.25, 0.3) is 0 Å². The molecule has 0 saturated carbocycles. The highest BCUT2D eigenvalue weighted by Crippen LogP contribution is 1.94. The zero-order valence-corrected chi connectivity index (χ0v) is 8.56. The SMILES string of the molecule is C=C(C)C(=O)OCCNc1ncccn1. The van der Waals surface area contributed by atoms with E-state index in [0.717, 1.165) is 0 Å². The Bertz CT molecular complexity index is 338. The highest BCUT2D eigenvalue weighted by Gasteiger charge is 2.01. The van der Waals surface area contributed by atoms with Gasteiger partial charge in [0, 0.05) is 18.0 Å². The van der Waals surface area contributed by atoms with Crippen LogP contribution in [-0.4, -0.2) is 29.1 Å². The number of aromatic nitrogens is 2. The topological polar surface area (TPSA) is 64.1 Å². The Hall–Kier alpha value is -1.91. The van der Waals surface area contributed by atoms with Crippen molar-refractivity contribution in [3.05, 3.63) is 30.6 Å². The van der Waals surface area contributed by atoms with Gasteiger partial charge in [-0.2, -0.15) is 0 Å². The zero-order valence-electron chi connectivity index (χ0n) is 8.56. The van der Waals surface area contributed by atoms with Crippen LogP contribution in [0.15, 0.2) is 30.6 Å². The lowest BCUT2D eigenvalue weighted by atomic mass is 10.4. The van der Waals surface area contributed by atoms with Crippen molar-refractivity contribution in [2.75, 3.05) is 18.5 Å². The van der Waals surface area contributed by atoms with Gasteiger partial charge in [0.05, 0.1) is 6.54 Å². The molecule has 15 heavy (non-hydrogen) atoms. The normalized spacial score (nSPS) is 9.40. The molecule has 0 spiro atoms. The van der Waals surface area contributed by atoms with E-state index in [2.05, 4.69) is 21.9 Å². The summed E-state index contributed by atoms with van der Waals surface area (Å²) in [5.74, 6) is 0.134. The van der Waals surface area contributed by atoms with Crippen LogP contribution in [0.5, 0.6) is 0 Å². The maximum atomic E-state index is 11.0. The van der Waals surface area contributed by atoms with Crippen molar-refractivity contribution in [1.29, 1.82) is 0 Å². The highest BCUT2D eigenvalue weighted by atomic mass is 16.5. The second-order valence-corrected chi connectivity index (χ2v) is 2.92. The molecule has 1 aromatic heterocycles. The molecule has 5 nitrogen and oxygen atoms in total. The minimum atomic E-state index is -0.384. The van der Waals surface area contributed by atoms with Crippen molar-refractivity contribution in [3.8, 4) is 0 Å². The molecule has 1 rings (SSSR count). The van der Waals surface area contributed by atoms with E-state index in [9.17, 15) is 4.79 Å². The summed E-state index contributed by atoms with van der Waals surface area (Å²) in [6.07, 6.45) is 3.27. The Morgan fingerprint density at radius 3 is 2.80 bits per heavy atom. The average Bonchev–Trinajstić information content (AvgIpc) is 2.25. The molecule has 0 unspecified atom stereocenters. The van der Waals surface area contributed by atoms with Gasteiger partial charge < -0.3 is 10.1 Å². The smallest absolute Gasteiger partial charge is 0.333 e. The Morgan fingerprint density at radius 2 is 2.20 bits per heavy atom. The number of hydrogen-bond acceptors (Lipinski definition) is 5. The first-order valence-electron chi connectivity index (χ1n) is 4.53. The van der Waals surface area contributed by atoms with Crippen molar-refractivity contribution in [2.45, 2.75) is 6.92 Å². The highest BCUT2D eigenvalue weighted by molar-refractivity contribution is 5.86. The summed E-state index contributed by atoms with van der Waals surface area (Å²) in [6.45, 7) is 5.82.